The smallest absolute Gasteiger partial charge is 0.230 e. The number of hydrogen-bond donors (Lipinski definition) is 1. The van der Waals surface area contributed by atoms with Crippen LogP contribution in [0.5, 0.6) is 0 Å². The van der Waals surface area contributed by atoms with Crippen LogP contribution in [0.1, 0.15) is 49.5 Å². The summed E-state index contributed by atoms with van der Waals surface area (Å²) in [6.45, 7) is 4.29. The molecule has 1 aromatic carbocycles. The van der Waals surface area contributed by atoms with Crippen molar-refractivity contribution in [1.82, 2.24) is 4.98 Å². The highest BCUT2D eigenvalue weighted by Crippen LogP contribution is 2.37. The number of aryl methyl sites for hydroxylation is 1. The molecule has 2 aromatic rings. The molecule has 2 heterocycles. The number of fused-ring (bicyclic) bond motifs is 1. The first kappa shape index (κ1) is 18.2. The van der Waals surface area contributed by atoms with E-state index >= 15 is 0 Å². The first-order chi connectivity index (χ1) is 13.0. The SMILES string of the molecule is CC(=O)Nc1nc(-c2ccc3c(c2)CCN3C(=O)C2CCCCC2)c(C)s1. The molecule has 6 heteroatoms. The highest BCUT2D eigenvalue weighted by atomic mass is 32.1. The van der Waals surface area contributed by atoms with Crippen molar-refractivity contribution in [3.63, 3.8) is 0 Å². The Kier molecular flexibility index (Phi) is 5.00. The third-order valence-electron chi connectivity index (χ3n) is 5.55. The molecule has 1 aromatic heterocycles. The monoisotopic (exact) mass is 383 g/mol. The number of carbonyl (C=O) groups excluding carboxylic acids is 2. The summed E-state index contributed by atoms with van der Waals surface area (Å²) >= 11 is 1.49. The van der Waals surface area contributed by atoms with E-state index in [1.165, 1.54) is 43.1 Å². The molecular weight excluding hydrogens is 358 g/mol. The third-order valence-corrected chi connectivity index (χ3v) is 6.43. The summed E-state index contributed by atoms with van der Waals surface area (Å²) in [5.41, 5.74) is 4.23. The van der Waals surface area contributed by atoms with Crippen molar-refractivity contribution in [2.24, 2.45) is 5.92 Å². The van der Waals surface area contributed by atoms with E-state index in [0.717, 1.165) is 47.6 Å². The molecule has 1 saturated carbocycles. The lowest BCUT2D eigenvalue weighted by molar-refractivity contribution is -0.123. The zero-order valence-electron chi connectivity index (χ0n) is 15.9. The zero-order chi connectivity index (χ0) is 19.0. The van der Waals surface area contributed by atoms with Gasteiger partial charge in [-0.15, -0.1) is 11.3 Å². The molecule has 0 bridgehead atoms. The maximum absolute atomic E-state index is 13.0. The summed E-state index contributed by atoms with van der Waals surface area (Å²) in [5, 5.41) is 3.39. The maximum atomic E-state index is 13.0. The van der Waals surface area contributed by atoms with Crippen molar-refractivity contribution in [1.29, 1.82) is 0 Å². The highest BCUT2D eigenvalue weighted by Gasteiger charge is 2.31. The normalized spacial score (nSPS) is 17.0. The zero-order valence-corrected chi connectivity index (χ0v) is 16.7. The summed E-state index contributed by atoms with van der Waals surface area (Å²) in [6, 6.07) is 6.27. The van der Waals surface area contributed by atoms with Crippen molar-refractivity contribution in [3.8, 4) is 11.3 Å². The van der Waals surface area contributed by atoms with Crippen molar-refractivity contribution < 1.29 is 9.59 Å². The van der Waals surface area contributed by atoms with E-state index in [2.05, 4.69) is 22.4 Å². The van der Waals surface area contributed by atoms with E-state index in [9.17, 15) is 9.59 Å². The first-order valence-electron chi connectivity index (χ1n) is 9.72. The minimum atomic E-state index is -0.110. The minimum absolute atomic E-state index is 0.110. The van der Waals surface area contributed by atoms with Gasteiger partial charge in [0.15, 0.2) is 5.13 Å². The van der Waals surface area contributed by atoms with Gasteiger partial charge in [0.25, 0.3) is 0 Å². The molecule has 1 aliphatic carbocycles. The molecule has 2 aliphatic rings. The molecule has 0 unspecified atom stereocenters. The van der Waals surface area contributed by atoms with Gasteiger partial charge in [0.05, 0.1) is 5.69 Å². The van der Waals surface area contributed by atoms with E-state index in [1.807, 2.05) is 17.9 Å². The predicted molar refractivity (Wildman–Crippen MR) is 109 cm³/mol. The van der Waals surface area contributed by atoms with E-state index < -0.39 is 0 Å². The Bertz CT molecular complexity index is 884. The number of thiazole rings is 1. The van der Waals surface area contributed by atoms with Crippen molar-refractivity contribution in [3.05, 3.63) is 28.6 Å². The number of amides is 2. The minimum Gasteiger partial charge on any atom is -0.312 e. The van der Waals surface area contributed by atoms with Crippen LogP contribution in [0.25, 0.3) is 11.3 Å². The molecule has 142 valence electrons. The lowest BCUT2D eigenvalue weighted by Crippen LogP contribution is -2.35. The Morgan fingerprint density at radius 3 is 2.74 bits per heavy atom. The fourth-order valence-electron chi connectivity index (χ4n) is 4.22. The first-order valence-corrected chi connectivity index (χ1v) is 10.5. The molecule has 2 amide bonds. The number of rotatable bonds is 3. The summed E-state index contributed by atoms with van der Waals surface area (Å²) in [5.74, 6) is 0.394. The number of hydrogen-bond acceptors (Lipinski definition) is 4. The Morgan fingerprint density at radius 2 is 2.00 bits per heavy atom. The molecule has 1 N–H and O–H groups in total. The van der Waals surface area contributed by atoms with E-state index in [0.29, 0.717) is 11.0 Å². The van der Waals surface area contributed by atoms with E-state index in [-0.39, 0.29) is 11.8 Å². The topological polar surface area (TPSA) is 62.3 Å². The summed E-state index contributed by atoms with van der Waals surface area (Å²) in [6.07, 6.45) is 6.57. The van der Waals surface area contributed by atoms with Gasteiger partial charge in [0.1, 0.15) is 0 Å². The van der Waals surface area contributed by atoms with Crippen molar-refractivity contribution in [2.45, 2.75) is 52.4 Å². The van der Waals surface area contributed by atoms with Crippen LogP contribution < -0.4 is 10.2 Å². The summed E-state index contributed by atoms with van der Waals surface area (Å²) < 4.78 is 0. The number of nitrogens with zero attached hydrogens (tertiary/aromatic N) is 2. The predicted octanol–water partition coefficient (Wildman–Crippen LogP) is 4.55. The summed E-state index contributed by atoms with van der Waals surface area (Å²) in [7, 11) is 0. The van der Waals surface area contributed by atoms with Crippen LogP contribution >= 0.6 is 11.3 Å². The Labute approximate surface area is 163 Å². The van der Waals surface area contributed by atoms with Crippen LogP contribution in [-0.2, 0) is 16.0 Å². The van der Waals surface area contributed by atoms with Crippen LogP contribution in [0, 0.1) is 12.8 Å². The Morgan fingerprint density at radius 1 is 1.22 bits per heavy atom. The molecule has 5 nitrogen and oxygen atoms in total. The van der Waals surface area contributed by atoms with Crippen LogP contribution in [0.3, 0.4) is 0 Å². The van der Waals surface area contributed by atoms with Crippen LogP contribution in [-0.4, -0.2) is 23.3 Å². The van der Waals surface area contributed by atoms with Gasteiger partial charge < -0.3 is 10.2 Å². The lowest BCUT2D eigenvalue weighted by Gasteiger charge is -2.26. The number of benzene rings is 1. The fraction of sp³-hybridized carbons (Fsp3) is 0.476. The number of aromatic nitrogens is 1. The molecular formula is C21H25N3O2S. The molecule has 0 radical (unpaired) electrons. The number of anilines is 2. The maximum Gasteiger partial charge on any atom is 0.230 e. The number of nitrogens with one attached hydrogen (secondary N) is 1. The van der Waals surface area contributed by atoms with Crippen molar-refractivity contribution in [2.75, 3.05) is 16.8 Å². The van der Waals surface area contributed by atoms with E-state index in [1.54, 1.807) is 0 Å². The van der Waals surface area contributed by atoms with Gasteiger partial charge in [-0.2, -0.15) is 0 Å². The van der Waals surface area contributed by atoms with Gasteiger partial charge in [-0.05, 0) is 43.9 Å². The second-order valence-corrected chi connectivity index (χ2v) is 8.73. The molecule has 4 rings (SSSR count). The van der Waals surface area contributed by atoms with Crippen LogP contribution in [0.4, 0.5) is 10.8 Å². The molecule has 1 aliphatic heterocycles. The molecule has 0 atom stereocenters. The van der Waals surface area contributed by atoms with Gasteiger partial charge in [-0.3, -0.25) is 9.59 Å². The average molecular weight is 384 g/mol. The van der Waals surface area contributed by atoms with Gasteiger partial charge in [0, 0.05) is 35.5 Å². The highest BCUT2D eigenvalue weighted by molar-refractivity contribution is 7.16. The molecule has 1 fully saturated rings. The number of carbonyl (C=O) groups is 2. The van der Waals surface area contributed by atoms with Gasteiger partial charge >= 0.3 is 0 Å². The second kappa shape index (κ2) is 7.43. The largest absolute Gasteiger partial charge is 0.312 e. The lowest BCUT2D eigenvalue weighted by atomic mass is 9.88. The summed E-state index contributed by atoms with van der Waals surface area (Å²) in [4.78, 5) is 31.9. The van der Waals surface area contributed by atoms with Gasteiger partial charge in [-0.1, -0.05) is 25.3 Å². The molecule has 27 heavy (non-hydrogen) atoms. The molecule has 0 saturated heterocycles. The van der Waals surface area contributed by atoms with Crippen LogP contribution in [0.15, 0.2) is 18.2 Å². The third kappa shape index (κ3) is 3.63. The van der Waals surface area contributed by atoms with Gasteiger partial charge in [0.2, 0.25) is 11.8 Å². The Hall–Kier alpha value is -2.21. The Balaban J connectivity index is 1.57. The van der Waals surface area contributed by atoms with Crippen LogP contribution in [0.2, 0.25) is 0 Å². The average Bonchev–Trinajstić information content (AvgIpc) is 3.24. The van der Waals surface area contributed by atoms with Gasteiger partial charge in [-0.25, -0.2) is 4.98 Å². The second-order valence-electron chi connectivity index (χ2n) is 7.52. The van der Waals surface area contributed by atoms with E-state index in [4.69, 9.17) is 0 Å². The molecule has 0 spiro atoms. The fourth-order valence-corrected chi connectivity index (χ4v) is 5.10. The quantitative estimate of drug-likeness (QED) is 0.846. The standard InChI is InChI=1S/C21H25N3O2S/c1-13-19(23-21(27-13)22-14(2)25)17-8-9-18-16(12-17)10-11-24(18)20(26)15-6-4-3-5-7-15/h8-9,12,15H,3-7,10-11H2,1-2H3,(H,22,23,25). The van der Waals surface area contributed by atoms with Crippen molar-refractivity contribution >= 4 is 34.0 Å².